The molecule has 39 heavy (non-hydrogen) atoms. The van der Waals surface area contributed by atoms with Crippen LogP contribution in [0.3, 0.4) is 0 Å². The minimum atomic E-state index is 0.339. The number of methoxy groups -OCH3 is 3. The molecular formula is C33H48N2O4. The van der Waals surface area contributed by atoms with Gasteiger partial charge in [0.2, 0.25) is 0 Å². The van der Waals surface area contributed by atoms with Gasteiger partial charge in [-0.2, -0.15) is 0 Å². The quantitative estimate of drug-likeness (QED) is 0.381. The fourth-order valence-electron chi connectivity index (χ4n) is 7.09. The molecule has 1 N–H and O–H groups in total. The van der Waals surface area contributed by atoms with E-state index in [0.29, 0.717) is 29.8 Å². The summed E-state index contributed by atoms with van der Waals surface area (Å²) in [6.07, 6.45) is 6.70. The number of rotatable bonds is 10. The van der Waals surface area contributed by atoms with Crippen molar-refractivity contribution >= 4 is 0 Å². The maximum absolute atomic E-state index is 6.18. The number of ether oxygens (including phenoxy) is 4. The van der Waals surface area contributed by atoms with E-state index in [1.165, 1.54) is 41.6 Å². The van der Waals surface area contributed by atoms with Gasteiger partial charge >= 0.3 is 0 Å². The summed E-state index contributed by atoms with van der Waals surface area (Å²) in [5, 5.41) is 3.87. The standard InChI is InChI=1S/C33H48N2O4/c1-7-22-20-35-12-9-24-16-30(36-4)31(37-5)19-27(24)29(35)15-25(22)14-28-26-18-32(38-6)33(39-13-10-21(2)3)17-23(26)8-11-34-28/h16-19,21-22,25,28-29,34H,7-15,20H2,1-6H3. The van der Waals surface area contributed by atoms with E-state index in [2.05, 4.69) is 55.3 Å². The van der Waals surface area contributed by atoms with Gasteiger partial charge in [-0.1, -0.05) is 27.2 Å². The molecule has 0 saturated carbocycles. The summed E-state index contributed by atoms with van der Waals surface area (Å²) in [5.74, 6) is 5.40. The average molecular weight is 537 g/mol. The second-order valence-electron chi connectivity index (χ2n) is 12.1. The molecule has 3 aliphatic heterocycles. The van der Waals surface area contributed by atoms with Crippen LogP contribution >= 0.6 is 0 Å². The first kappa shape index (κ1) is 28.1. The third-order valence-corrected chi connectivity index (χ3v) is 9.38. The van der Waals surface area contributed by atoms with Crippen LogP contribution in [-0.2, 0) is 12.8 Å². The summed E-state index contributed by atoms with van der Waals surface area (Å²) in [6, 6.07) is 9.73. The van der Waals surface area contributed by atoms with Crippen LogP contribution in [0.25, 0.3) is 0 Å². The van der Waals surface area contributed by atoms with E-state index < -0.39 is 0 Å². The van der Waals surface area contributed by atoms with Crippen molar-refractivity contribution in [2.24, 2.45) is 17.8 Å². The van der Waals surface area contributed by atoms with Crippen LogP contribution in [0.5, 0.6) is 23.0 Å². The highest BCUT2D eigenvalue weighted by molar-refractivity contribution is 5.51. The van der Waals surface area contributed by atoms with Crippen LogP contribution in [-0.4, -0.2) is 52.5 Å². The zero-order chi connectivity index (χ0) is 27.5. The summed E-state index contributed by atoms with van der Waals surface area (Å²) in [6.45, 7) is 10.9. The van der Waals surface area contributed by atoms with Crippen LogP contribution < -0.4 is 24.3 Å². The van der Waals surface area contributed by atoms with Crippen LogP contribution in [0, 0.1) is 17.8 Å². The minimum absolute atomic E-state index is 0.339. The Kier molecular flexibility index (Phi) is 8.92. The van der Waals surface area contributed by atoms with Crippen molar-refractivity contribution < 1.29 is 18.9 Å². The van der Waals surface area contributed by atoms with Gasteiger partial charge in [0.1, 0.15) is 0 Å². The Bertz CT molecular complexity index is 1130. The molecule has 0 aliphatic carbocycles. The Labute approximate surface area is 235 Å². The second kappa shape index (κ2) is 12.4. The normalized spacial score (nSPS) is 24.5. The Morgan fingerprint density at radius 3 is 2.26 bits per heavy atom. The SMILES string of the molecule is CCC1CN2CCc3cc(OC)c(OC)cc3C2CC1CC1NCCc2cc(OCCC(C)C)c(OC)cc21. The summed E-state index contributed by atoms with van der Waals surface area (Å²) < 4.78 is 23.3. The first-order valence-electron chi connectivity index (χ1n) is 15.0. The van der Waals surface area contributed by atoms with Gasteiger partial charge in [0.15, 0.2) is 23.0 Å². The van der Waals surface area contributed by atoms with E-state index in [-0.39, 0.29) is 0 Å². The molecule has 0 amide bonds. The second-order valence-corrected chi connectivity index (χ2v) is 12.1. The molecular weight excluding hydrogens is 488 g/mol. The van der Waals surface area contributed by atoms with Crippen molar-refractivity contribution in [2.45, 2.75) is 71.4 Å². The summed E-state index contributed by atoms with van der Waals surface area (Å²) in [4.78, 5) is 2.73. The molecule has 0 spiro atoms. The van der Waals surface area contributed by atoms with Gasteiger partial charge in [0.25, 0.3) is 0 Å². The van der Waals surface area contributed by atoms with Gasteiger partial charge in [0.05, 0.1) is 27.9 Å². The fraction of sp³-hybridized carbons (Fsp3) is 0.636. The lowest BCUT2D eigenvalue weighted by atomic mass is 9.72. The number of hydrogen-bond donors (Lipinski definition) is 1. The zero-order valence-corrected chi connectivity index (χ0v) is 24.8. The predicted molar refractivity (Wildman–Crippen MR) is 156 cm³/mol. The monoisotopic (exact) mass is 536 g/mol. The van der Waals surface area contributed by atoms with Gasteiger partial charge in [-0.05, 0) is 103 Å². The van der Waals surface area contributed by atoms with Crippen LogP contribution in [0.15, 0.2) is 24.3 Å². The molecule has 4 atom stereocenters. The van der Waals surface area contributed by atoms with Gasteiger partial charge < -0.3 is 24.3 Å². The molecule has 0 aromatic heterocycles. The van der Waals surface area contributed by atoms with Crippen LogP contribution in [0.4, 0.5) is 0 Å². The minimum Gasteiger partial charge on any atom is -0.493 e. The van der Waals surface area contributed by atoms with Crippen LogP contribution in [0.1, 0.15) is 80.8 Å². The van der Waals surface area contributed by atoms with Crippen molar-refractivity contribution in [1.29, 1.82) is 0 Å². The van der Waals surface area contributed by atoms with E-state index in [4.69, 9.17) is 18.9 Å². The molecule has 6 nitrogen and oxygen atoms in total. The Morgan fingerprint density at radius 2 is 1.54 bits per heavy atom. The van der Waals surface area contributed by atoms with Gasteiger partial charge in [-0.3, -0.25) is 4.90 Å². The summed E-state index contributed by atoms with van der Waals surface area (Å²) in [5.41, 5.74) is 5.64. The number of nitrogens with zero attached hydrogens (tertiary/aromatic N) is 1. The van der Waals surface area contributed by atoms with Crippen LogP contribution in [0.2, 0.25) is 0 Å². The lowest BCUT2D eigenvalue weighted by molar-refractivity contribution is 0.0434. The Morgan fingerprint density at radius 1 is 0.872 bits per heavy atom. The van der Waals surface area contributed by atoms with Crippen molar-refractivity contribution in [1.82, 2.24) is 10.2 Å². The first-order valence-corrected chi connectivity index (χ1v) is 15.0. The molecule has 3 aliphatic rings. The van der Waals surface area contributed by atoms with Crippen molar-refractivity contribution in [3.63, 3.8) is 0 Å². The third-order valence-electron chi connectivity index (χ3n) is 9.38. The van der Waals surface area contributed by atoms with E-state index in [0.717, 1.165) is 68.4 Å². The molecule has 6 heteroatoms. The smallest absolute Gasteiger partial charge is 0.161 e. The molecule has 1 saturated heterocycles. The molecule has 3 heterocycles. The summed E-state index contributed by atoms with van der Waals surface area (Å²) >= 11 is 0. The highest BCUT2D eigenvalue weighted by Crippen LogP contribution is 2.48. The van der Waals surface area contributed by atoms with E-state index >= 15 is 0 Å². The molecule has 0 radical (unpaired) electrons. The molecule has 2 aromatic rings. The maximum atomic E-state index is 6.18. The maximum Gasteiger partial charge on any atom is 0.161 e. The molecule has 5 rings (SSSR count). The molecule has 1 fully saturated rings. The van der Waals surface area contributed by atoms with Crippen molar-refractivity contribution in [3.8, 4) is 23.0 Å². The largest absolute Gasteiger partial charge is 0.493 e. The van der Waals surface area contributed by atoms with Gasteiger partial charge in [-0.25, -0.2) is 0 Å². The highest BCUT2D eigenvalue weighted by atomic mass is 16.5. The number of benzene rings is 2. The van der Waals surface area contributed by atoms with Crippen molar-refractivity contribution in [2.75, 3.05) is 47.6 Å². The highest BCUT2D eigenvalue weighted by Gasteiger charge is 2.40. The molecule has 0 bridgehead atoms. The number of hydrogen-bond acceptors (Lipinski definition) is 6. The lowest BCUT2D eigenvalue weighted by Gasteiger charge is -2.48. The van der Waals surface area contributed by atoms with E-state index in [9.17, 15) is 0 Å². The van der Waals surface area contributed by atoms with Gasteiger partial charge in [-0.15, -0.1) is 0 Å². The first-order chi connectivity index (χ1) is 18.9. The van der Waals surface area contributed by atoms with Crippen molar-refractivity contribution in [3.05, 3.63) is 46.5 Å². The topological polar surface area (TPSA) is 52.2 Å². The lowest BCUT2D eigenvalue weighted by Crippen LogP contribution is -2.46. The molecule has 4 unspecified atom stereocenters. The molecule has 2 aromatic carbocycles. The fourth-order valence-corrected chi connectivity index (χ4v) is 7.09. The Balaban J connectivity index is 1.38. The number of nitrogens with one attached hydrogen (secondary N) is 1. The summed E-state index contributed by atoms with van der Waals surface area (Å²) in [7, 11) is 5.23. The Hall–Kier alpha value is -2.44. The molecule has 214 valence electrons. The number of fused-ring (bicyclic) bond motifs is 4. The predicted octanol–water partition coefficient (Wildman–Crippen LogP) is 6.36. The van der Waals surface area contributed by atoms with E-state index in [1.54, 1.807) is 21.3 Å². The zero-order valence-electron chi connectivity index (χ0n) is 24.8. The van der Waals surface area contributed by atoms with Gasteiger partial charge in [0, 0.05) is 25.2 Å². The number of piperidine rings is 1. The third kappa shape index (κ3) is 5.88. The van der Waals surface area contributed by atoms with E-state index in [1.807, 2.05) is 0 Å². The average Bonchev–Trinajstić information content (AvgIpc) is 2.95.